The minimum Gasteiger partial charge on any atom is -0.493 e. The molecule has 2 amide bonds. The van der Waals surface area contributed by atoms with E-state index < -0.39 is 0 Å². The Balaban J connectivity index is 1.63. The molecule has 0 aliphatic carbocycles. The lowest BCUT2D eigenvalue weighted by atomic mass is 10.2. The van der Waals surface area contributed by atoms with Gasteiger partial charge in [-0.3, -0.25) is 20.4 Å². The van der Waals surface area contributed by atoms with Gasteiger partial charge in [-0.2, -0.15) is 0 Å². The topological polar surface area (TPSA) is 76.7 Å². The zero-order chi connectivity index (χ0) is 18.8. The number of hydrogen-bond donors (Lipinski definition) is 2. The van der Waals surface area contributed by atoms with Gasteiger partial charge < -0.3 is 9.47 Å². The van der Waals surface area contributed by atoms with Crippen LogP contribution >= 0.6 is 11.8 Å². The molecular formula is C19H22N2O4S. The van der Waals surface area contributed by atoms with E-state index in [0.717, 1.165) is 4.90 Å². The number of hydrazine groups is 1. The van der Waals surface area contributed by atoms with Crippen molar-refractivity contribution in [2.24, 2.45) is 0 Å². The number of benzene rings is 2. The molecule has 0 spiro atoms. The Bertz CT molecular complexity index is 735. The maximum atomic E-state index is 11.8. The predicted octanol–water partition coefficient (Wildman–Crippen LogP) is 2.71. The molecular weight excluding hydrogens is 352 g/mol. The van der Waals surface area contributed by atoms with E-state index in [4.69, 9.17) is 9.47 Å². The molecule has 0 aromatic heterocycles. The lowest BCUT2D eigenvalue weighted by Crippen LogP contribution is -2.42. The largest absolute Gasteiger partial charge is 0.493 e. The number of nitrogens with one attached hydrogen (secondary N) is 2. The van der Waals surface area contributed by atoms with Gasteiger partial charge in [0.15, 0.2) is 11.5 Å². The number of para-hydroxylation sites is 2. The molecule has 138 valence electrons. The zero-order valence-electron chi connectivity index (χ0n) is 14.8. The van der Waals surface area contributed by atoms with Crippen LogP contribution in [0.1, 0.15) is 12.0 Å². The Hall–Kier alpha value is -2.67. The van der Waals surface area contributed by atoms with E-state index in [-0.39, 0.29) is 30.6 Å². The van der Waals surface area contributed by atoms with Crippen molar-refractivity contribution in [2.45, 2.75) is 18.2 Å². The molecule has 0 aliphatic heterocycles. The number of thioether (sulfide) groups is 1. The number of hydrogen-bond acceptors (Lipinski definition) is 5. The van der Waals surface area contributed by atoms with E-state index in [1.54, 1.807) is 19.2 Å². The Morgan fingerprint density at radius 3 is 2.31 bits per heavy atom. The fraction of sp³-hybridized carbons (Fsp3) is 0.263. The highest BCUT2D eigenvalue weighted by molar-refractivity contribution is 8.00. The number of aryl methyl sites for hydroxylation is 1. The molecule has 0 saturated heterocycles. The monoisotopic (exact) mass is 374 g/mol. The molecule has 0 saturated carbocycles. The van der Waals surface area contributed by atoms with Crippen LogP contribution in [0.2, 0.25) is 0 Å². The van der Waals surface area contributed by atoms with Crippen LogP contribution in [0.15, 0.2) is 53.4 Å². The van der Waals surface area contributed by atoms with Gasteiger partial charge in [0.1, 0.15) is 0 Å². The number of amides is 2. The minimum absolute atomic E-state index is 0.115. The number of carbonyl (C=O) groups is 2. The number of rotatable bonds is 8. The summed E-state index contributed by atoms with van der Waals surface area (Å²) in [7, 11) is 1.55. The van der Waals surface area contributed by atoms with E-state index in [2.05, 4.69) is 10.9 Å². The molecule has 6 nitrogen and oxygen atoms in total. The Morgan fingerprint density at radius 1 is 0.962 bits per heavy atom. The van der Waals surface area contributed by atoms with Crippen LogP contribution in [0, 0.1) is 6.92 Å². The maximum Gasteiger partial charge on any atom is 0.248 e. The first-order valence-electron chi connectivity index (χ1n) is 8.11. The summed E-state index contributed by atoms with van der Waals surface area (Å²) in [6.07, 6.45) is 0.115. The van der Waals surface area contributed by atoms with Gasteiger partial charge >= 0.3 is 0 Å². The minimum atomic E-state index is -0.325. The summed E-state index contributed by atoms with van der Waals surface area (Å²) in [5, 5.41) is 0. The van der Waals surface area contributed by atoms with Crippen molar-refractivity contribution in [1.29, 1.82) is 0 Å². The average molecular weight is 374 g/mol. The van der Waals surface area contributed by atoms with Crippen molar-refractivity contribution in [3.05, 3.63) is 54.1 Å². The van der Waals surface area contributed by atoms with Crippen LogP contribution < -0.4 is 20.3 Å². The summed E-state index contributed by atoms with van der Waals surface area (Å²) in [4.78, 5) is 24.5. The van der Waals surface area contributed by atoms with Crippen molar-refractivity contribution in [3.8, 4) is 11.5 Å². The lowest BCUT2D eigenvalue weighted by Gasteiger charge is -2.10. The van der Waals surface area contributed by atoms with Gasteiger partial charge in [0.05, 0.1) is 25.9 Å². The molecule has 0 radical (unpaired) electrons. The third-order valence-electron chi connectivity index (χ3n) is 3.39. The SMILES string of the molecule is COc1ccccc1OCCC(=O)NNC(=O)CSc1ccc(C)cc1. The van der Waals surface area contributed by atoms with Crippen molar-refractivity contribution in [2.75, 3.05) is 19.5 Å². The average Bonchev–Trinajstić information content (AvgIpc) is 2.66. The fourth-order valence-electron chi connectivity index (χ4n) is 2.01. The smallest absolute Gasteiger partial charge is 0.248 e. The predicted molar refractivity (Wildman–Crippen MR) is 101 cm³/mol. The molecule has 0 heterocycles. The van der Waals surface area contributed by atoms with Crippen molar-refractivity contribution in [3.63, 3.8) is 0 Å². The normalized spacial score (nSPS) is 10.1. The second-order valence-corrected chi connectivity index (χ2v) is 6.50. The third-order valence-corrected chi connectivity index (χ3v) is 4.40. The van der Waals surface area contributed by atoms with Gasteiger partial charge in [-0.1, -0.05) is 29.8 Å². The zero-order valence-corrected chi connectivity index (χ0v) is 15.6. The molecule has 0 fully saturated rings. The molecule has 7 heteroatoms. The standard InChI is InChI=1S/C19H22N2O4S/c1-14-7-9-15(10-8-14)26-13-19(23)21-20-18(22)11-12-25-17-6-4-3-5-16(17)24-2/h3-10H,11-13H2,1-2H3,(H,20,22)(H,21,23). The van der Waals surface area contributed by atoms with Crippen LogP contribution in [0.4, 0.5) is 0 Å². The van der Waals surface area contributed by atoms with E-state index in [0.29, 0.717) is 11.5 Å². The lowest BCUT2D eigenvalue weighted by molar-refractivity contribution is -0.127. The van der Waals surface area contributed by atoms with E-state index in [9.17, 15) is 9.59 Å². The van der Waals surface area contributed by atoms with E-state index in [1.165, 1.54) is 17.3 Å². The second kappa shape index (κ2) is 10.4. The van der Waals surface area contributed by atoms with Crippen LogP contribution in [0.25, 0.3) is 0 Å². The summed E-state index contributed by atoms with van der Waals surface area (Å²) >= 11 is 1.41. The van der Waals surface area contributed by atoms with Gasteiger partial charge in [0.2, 0.25) is 11.8 Å². The van der Waals surface area contributed by atoms with Gasteiger partial charge in [0, 0.05) is 4.90 Å². The molecule has 0 aliphatic rings. The Kier molecular flexibility index (Phi) is 7.82. The van der Waals surface area contributed by atoms with Crippen LogP contribution in [-0.2, 0) is 9.59 Å². The number of carbonyl (C=O) groups excluding carboxylic acids is 2. The van der Waals surface area contributed by atoms with Crippen molar-refractivity contribution >= 4 is 23.6 Å². The van der Waals surface area contributed by atoms with Crippen LogP contribution in [-0.4, -0.2) is 31.3 Å². The van der Waals surface area contributed by atoms with Gasteiger partial charge in [-0.25, -0.2) is 0 Å². The molecule has 2 aromatic carbocycles. The molecule has 0 bridgehead atoms. The van der Waals surface area contributed by atoms with E-state index >= 15 is 0 Å². The molecule has 0 unspecified atom stereocenters. The molecule has 26 heavy (non-hydrogen) atoms. The third kappa shape index (κ3) is 6.68. The number of ether oxygens (including phenoxy) is 2. The van der Waals surface area contributed by atoms with Gasteiger partial charge in [-0.15, -0.1) is 11.8 Å². The highest BCUT2D eigenvalue weighted by Crippen LogP contribution is 2.25. The highest BCUT2D eigenvalue weighted by atomic mass is 32.2. The van der Waals surface area contributed by atoms with Crippen LogP contribution in [0.5, 0.6) is 11.5 Å². The van der Waals surface area contributed by atoms with E-state index in [1.807, 2.05) is 43.3 Å². The highest BCUT2D eigenvalue weighted by Gasteiger charge is 2.07. The summed E-state index contributed by atoms with van der Waals surface area (Å²) in [5.41, 5.74) is 5.94. The first-order chi connectivity index (χ1) is 12.6. The Morgan fingerprint density at radius 2 is 1.62 bits per heavy atom. The van der Waals surface area contributed by atoms with Crippen LogP contribution in [0.3, 0.4) is 0 Å². The van der Waals surface area contributed by atoms with Gasteiger partial charge in [0.25, 0.3) is 0 Å². The quantitative estimate of drug-likeness (QED) is 0.549. The van der Waals surface area contributed by atoms with Crippen molar-refractivity contribution < 1.29 is 19.1 Å². The second-order valence-electron chi connectivity index (χ2n) is 5.45. The van der Waals surface area contributed by atoms with Crippen molar-refractivity contribution in [1.82, 2.24) is 10.9 Å². The first kappa shape index (κ1) is 19.7. The molecule has 0 atom stereocenters. The first-order valence-corrected chi connectivity index (χ1v) is 9.10. The molecule has 2 N–H and O–H groups in total. The summed E-state index contributed by atoms with van der Waals surface area (Å²) in [5.74, 6) is 0.806. The number of methoxy groups -OCH3 is 1. The maximum absolute atomic E-state index is 11.8. The Labute approximate surface area is 157 Å². The summed E-state index contributed by atoms with van der Waals surface area (Å²) < 4.78 is 10.7. The summed E-state index contributed by atoms with van der Waals surface area (Å²) in [6.45, 7) is 2.19. The fourth-order valence-corrected chi connectivity index (χ4v) is 2.71. The van der Waals surface area contributed by atoms with Gasteiger partial charge in [-0.05, 0) is 31.2 Å². The summed E-state index contributed by atoms with van der Waals surface area (Å²) in [6, 6.07) is 15.1. The molecule has 2 aromatic rings. The molecule has 2 rings (SSSR count).